The molecule has 19 heavy (non-hydrogen) atoms. The van der Waals surface area contributed by atoms with Crippen molar-refractivity contribution in [2.75, 3.05) is 19.8 Å². The van der Waals surface area contributed by atoms with E-state index in [0.29, 0.717) is 13.2 Å². The number of amides is 2. The number of nitrogens with zero attached hydrogens (tertiary/aromatic N) is 1. The average Bonchev–Trinajstić information content (AvgIpc) is 2.26. The zero-order valence-corrected chi connectivity index (χ0v) is 11.5. The van der Waals surface area contributed by atoms with Crippen molar-refractivity contribution < 1.29 is 24.5 Å². The molecule has 0 bridgehead atoms. The van der Waals surface area contributed by atoms with Crippen LogP contribution < -0.4 is 5.32 Å². The fourth-order valence-corrected chi connectivity index (χ4v) is 1.99. The SMILES string of the molecule is CC1COC(CO)CN1C(=O)NC(C)(C)CC(=O)O. The number of carbonyl (C=O) groups excluding carboxylic acids is 1. The summed E-state index contributed by atoms with van der Waals surface area (Å²) in [6.45, 7) is 5.68. The van der Waals surface area contributed by atoms with Gasteiger partial charge in [-0.3, -0.25) is 4.79 Å². The van der Waals surface area contributed by atoms with E-state index >= 15 is 0 Å². The van der Waals surface area contributed by atoms with Crippen LogP contribution in [0.2, 0.25) is 0 Å². The summed E-state index contributed by atoms with van der Waals surface area (Å²) in [6, 6.07) is -0.441. The monoisotopic (exact) mass is 274 g/mol. The highest BCUT2D eigenvalue weighted by Gasteiger charge is 2.32. The largest absolute Gasteiger partial charge is 0.481 e. The lowest BCUT2D eigenvalue weighted by Gasteiger charge is -2.39. The molecule has 1 saturated heterocycles. The van der Waals surface area contributed by atoms with Crippen LogP contribution in [0.25, 0.3) is 0 Å². The summed E-state index contributed by atoms with van der Waals surface area (Å²) in [4.78, 5) is 24.4. The number of urea groups is 1. The number of aliphatic hydroxyl groups is 1. The third-order valence-corrected chi connectivity index (χ3v) is 3.01. The van der Waals surface area contributed by atoms with E-state index in [0.717, 1.165) is 0 Å². The number of aliphatic carboxylic acids is 1. The minimum absolute atomic E-state index is 0.108. The summed E-state index contributed by atoms with van der Waals surface area (Å²) >= 11 is 0. The smallest absolute Gasteiger partial charge is 0.318 e. The molecular weight excluding hydrogens is 252 g/mol. The van der Waals surface area contributed by atoms with Gasteiger partial charge in [-0.15, -0.1) is 0 Å². The standard InChI is InChI=1S/C12H22N2O5/c1-8-7-19-9(6-15)5-14(8)11(18)13-12(2,3)4-10(16)17/h8-9,15H,4-7H2,1-3H3,(H,13,18)(H,16,17). The van der Waals surface area contributed by atoms with Gasteiger partial charge >= 0.3 is 12.0 Å². The Morgan fingerprint density at radius 1 is 1.47 bits per heavy atom. The lowest BCUT2D eigenvalue weighted by molar-refractivity contribution is -0.138. The Hall–Kier alpha value is -1.34. The Bertz CT molecular complexity index is 345. The van der Waals surface area contributed by atoms with Crippen LogP contribution in [-0.2, 0) is 9.53 Å². The third-order valence-electron chi connectivity index (χ3n) is 3.01. The first-order chi connectivity index (χ1) is 8.75. The van der Waals surface area contributed by atoms with E-state index in [1.54, 1.807) is 18.7 Å². The molecule has 0 aromatic rings. The molecule has 0 aliphatic carbocycles. The van der Waals surface area contributed by atoms with Crippen molar-refractivity contribution in [1.29, 1.82) is 0 Å². The first-order valence-electron chi connectivity index (χ1n) is 6.28. The van der Waals surface area contributed by atoms with Crippen LogP contribution in [0.5, 0.6) is 0 Å². The van der Waals surface area contributed by atoms with Gasteiger partial charge in [-0.05, 0) is 20.8 Å². The summed E-state index contributed by atoms with van der Waals surface area (Å²) in [6.07, 6.45) is -0.537. The Morgan fingerprint density at radius 2 is 2.11 bits per heavy atom. The van der Waals surface area contributed by atoms with E-state index in [-0.39, 0.29) is 31.2 Å². The van der Waals surface area contributed by atoms with Crippen LogP contribution in [-0.4, -0.2) is 64.6 Å². The molecule has 2 unspecified atom stereocenters. The van der Waals surface area contributed by atoms with Crippen molar-refractivity contribution in [3.05, 3.63) is 0 Å². The molecule has 2 atom stereocenters. The summed E-state index contributed by atoms with van der Waals surface area (Å²) in [5.74, 6) is -0.964. The van der Waals surface area contributed by atoms with E-state index in [1.807, 2.05) is 6.92 Å². The predicted octanol–water partition coefficient (Wildman–Crippen LogP) is 0.0309. The molecule has 0 aromatic carbocycles. The molecule has 0 saturated carbocycles. The molecule has 7 nitrogen and oxygen atoms in total. The third kappa shape index (κ3) is 4.68. The first-order valence-corrected chi connectivity index (χ1v) is 6.28. The fourth-order valence-electron chi connectivity index (χ4n) is 1.99. The number of carboxylic acid groups (broad SMARTS) is 1. The van der Waals surface area contributed by atoms with Gasteiger partial charge in [-0.1, -0.05) is 0 Å². The number of hydrogen-bond donors (Lipinski definition) is 3. The lowest BCUT2D eigenvalue weighted by atomic mass is 10.0. The fraction of sp³-hybridized carbons (Fsp3) is 0.833. The zero-order valence-electron chi connectivity index (χ0n) is 11.5. The molecule has 0 radical (unpaired) electrons. The van der Waals surface area contributed by atoms with Gasteiger partial charge in [-0.2, -0.15) is 0 Å². The number of aliphatic hydroxyl groups excluding tert-OH is 1. The second-order valence-corrected chi connectivity index (χ2v) is 5.52. The highest BCUT2D eigenvalue weighted by Crippen LogP contribution is 2.14. The van der Waals surface area contributed by atoms with E-state index in [1.165, 1.54) is 0 Å². The minimum Gasteiger partial charge on any atom is -0.481 e. The molecule has 110 valence electrons. The van der Waals surface area contributed by atoms with Crippen LogP contribution in [0.1, 0.15) is 27.2 Å². The van der Waals surface area contributed by atoms with Gasteiger partial charge in [0, 0.05) is 5.54 Å². The summed E-state index contributed by atoms with van der Waals surface area (Å²) in [5.41, 5.74) is -0.824. The van der Waals surface area contributed by atoms with Crippen molar-refractivity contribution in [2.45, 2.75) is 44.9 Å². The van der Waals surface area contributed by atoms with Gasteiger partial charge < -0.3 is 25.2 Å². The molecule has 7 heteroatoms. The van der Waals surface area contributed by atoms with Gasteiger partial charge in [-0.25, -0.2) is 4.79 Å². The van der Waals surface area contributed by atoms with Crippen LogP contribution in [0.3, 0.4) is 0 Å². The van der Waals surface area contributed by atoms with E-state index < -0.39 is 11.5 Å². The maximum atomic E-state index is 12.2. The van der Waals surface area contributed by atoms with Crippen LogP contribution in [0, 0.1) is 0 Å². The van der Waals surface area contributed by atoms with Crippen LogP contribution in [0.15, 0.2) is 0 Å². The van der Waals surface area contributed by atoms with Gasteiger partial charge in [0.05, 0.1) is 38.3 Å². The molecular formula is C12H22N2O5. The van der Waals surface area contributed by atoms with Gasteiger partial charge in [0.2, 0.25) is 0 Å². The second-order valence-electron chi connectivity index (χ2n) is 5.52. The molecule has 3 N–H and O–H groups in total. The molecule has 0 spiro atoms. The number of carbonyl (C=O) groups is 2. The average molecular weight is 274 g/mol. The van der Waals surface area contributed by atoms with Crippen LogP contribution in [0.4, 0.5) is 4.79 Å². The highest BCUT2D eigenvalue weighted by atomic mass is 16.5. The Kier molecular flexibility index (Phi) is 5.13. The maximum Gasteiger partial charge on any atom is 0.318 e. The molecule has 1 heterocycles. The second kappa shape index (κ2) is 6.21. The van der Waals surface area contributed by atoms with Gasteiger partial charge in [0.15, 0.2) is 0 Å². The number of nitrogens with one attached hydrogen (secondary N) is 1. The summed E-state index contributed by atoms with van der Waals surface area (Å²) < 4.78 is 5.35. The predicted molar refractivity (Wildman–Crippen MR) is 67.9 cm³/mol. The summed E-state index contributed by atoms with van der Waals surface area (Å²) in [5, 5.41) is 20.6. The topological polar surface area (TPSA) is 99.1 Å². The zero-order chi connectivity index (χ0) is 14.6. The number of ether oxygens (including phenoxy) is 1. The van der Waals surface area contributed by atoms with Crippen molar-refractivity contribution in [3.8, 4) is 0 Å². The highest BCUT2D eigenvalue weighted by molar-refractivity contribution is 5.77. The normalized spacial score (nSPS) is 24.1. The van der Waals surface area contributed by atoms with Crippen molar-refractivity contribution >= 4 is 12.0 Å². The lowest BCUT2D eigenvalue weighted by Crippen LogP contribution is -2.58. The summed E-state index contributed by atoms with van der Waals surface area (Å²) in [7, 11) is 0. The number of rotatable bonds is 4. The number of morpholine rings is 1. The molecule has 1 rings (SSSR count). The Morgan fingerprint density at radius 3 is 2.63 bits per heavy atom. The number of carboxylic acids is 1. The minimum atomic E-state index is -0.964. The molecule has 1 aliphatic heterocycles. The van der Waals surface area contributed by atoms with E-state index in [2.05, 4.69) is 5.32 Å². The van der Waals surface area contributed by atoms with Crippen molar-refractivity contribution in [2.24, 2.45) is 0 Å². The van der Waals surface area contributed by atoms with Gasteiger partial charge in [0.1, 0.15) is 0 Å². The molecule has 1 aliphatic rings. The van der Waals surface area contributed by atoms with Crippen LogP contribution >= 0.6 is 0 Å². The van der Waals surface area contributed by atoms with E-state index in [4.69, 9.17) is 14.9 Å². The Balaban J connectivity index is 2.63. The van der Waals surface area contributed by atoms with Crippen molar-refractivity contribution in [3.63, 3.8) is 0 Å². The quantitative estimate of drug-likeness (QED) is 0.672. The molecule has 1 fully saturated rings. The number of hydrogen-bond acceptors (Lipinski definition) is 4. The first kappa shape index (κ1) is 15.7. The molecule has 2 amide bonds. The van der Waals surface area contributed by atoms with Crippen molar-refractivity contribution in [1.82, 2.24) is 10.2 Å². The molecule has 0 aromatic heterocycles. The van der Waals surface area contributed by atoms with Gasteiger partial charge in [0.25, 0.3) is 0 Å². The van der Waals surface area contributed by atoms with E-state index in [9.17, 15) is 9.59 Å². The Labute approximate surface area is 112 Å². The maximum absolute atomic E-state index is 12.2.